The summed E-state index contributed by atoms with van der Waals surface area (Å²) < 4.78 is 6.94. The standard InChI is InChI=1S/C26H44O3Si/c1-23(2,3)30(6,7)29-17-26-15-14-24(4,28)16-18(26)8-9-19-20-10-11-22(27)25(20,5)13-12-21(19)26/h10-11,18-21,28H,8-9,12-17H2,1-7H3/t18-,19+,20+,21+,24-,25+,26-/m1/s1. The van der Waals surface area contributed by atoms with Gasteiger partial charge in [-0.2, -0.15) is 0 Å². The van der Waals surface area contributed by atoms with Gasteiger partial charge in [-0.15, -0.1) is 0 Å². The summed E-state index contributed by atoms with van der Waals surface area (Å²) >= 11 is 0. The summed E-state index contributed by atoms with van der Waals surface area (Å²) in [6.45, 7) is 16.8. The molecule has 3 nitrogen and oxygen atoms in total. The monoisotopic (exact) mass is 432 g/mol. The zero-order valence-corrected chi connectivity index (χ0v) is 21.4. The Labute approximate surface area is 185 Å². The van der Waals surface area contributed by atoms with E-state index in [1.165, 1.54) is 12.8 Å². The second kappa shape index (κ2) is 7.02. The van der Waals surface area contributed by atoms with Crippen LogP contribution < -0.4 is 0 Å². The molecule has 0 saturated heterocycles. The van der Waals surface area contributed by atoms with E-state index in [2.05, 4.69) is 46.9 Å². The first kappa shape index (κ1) is 22.7. The van der Waals surface area contributed by atoms with Crippen molar-refractivity contribution in [1.29, 1.82) is 0 Å². The van der Waals surface area contributed by atoms with Gasteiger partial charge in [0.05, 0.1) is 5.60 Å². The summed E-state index contributed by atoms with van der Waals surface area (Å²) in [5.41, 5.74) is -0.540. The van der Waals surface area contributed by atoms with Crippen molar-refractivity contribution in [2.24, 2.45) is 34.5 Å². The Morgan fingerprint density at radius 2 is 1.83 bits per heavy atom. The van der Waals surface area contributed by atoms with Crippen LogP contribution in [0, 0.1) is 34.5 Å². The van der Waals surface area contributed by atoms with Crippen LogP contribution in [0.5, 0.6) is 0 Å². The first-order chi connectivity index (χ1) is 13.7. The average molecular weight is 433 g/mol. The summed E-state index contributed by atoms with van der Waals surface area (Å²) in [5.74, 6) is 2.50. The van der Waals surface area contributed by atoms with Crippen LogP contribution in [-0.4, -0.2) is 31.4 Å². The molecule has 3 saturated carbocycles. The van der Waals surface area contributed by atoms with Crippen molar-refractivity contribution in [3.8, 4) is 0 Å². The number of fused-ring (bicyclic) bond motifs is 5. The molecule has 0 radical (unpaired) electrons. The van der Waals surface area contributed by atoms with Crippen molar-refractivity contribution in [3.05, 3.63) is 12.2 Å². The SMILES string of the molecule is CC(C)(C)[Si](C)(C)OC[C@]12CC[C@@](C)(O)C[C@H]1CC[C@@H]1[C@@H]2CC[C@]2(C)C(=O)C=C[C@@H]12. The van der Waals surface area contributed by atoms with Gasteiger partial charge in [-0.25, -0.2) is 0 Å². The van der Waals surface area contributed by atoms with Crippen molar-refractivity contribution in [2.45, 2.75) is 103 Å². The van der Waals surface area contributed by atoms with Gasteiger partial charge < -0.3 is 9.53 Å². The van der Waals surface area contributed by atoms with Crippen LogP contribution in [0.25, 0.3) is 0 Å². The maximum absolute atomic E-state index is 12.7. The van der Waals surface area contributed by atoms with E-state index in [0.29, 0.717) is 29.5 Å². The topological polar surface area (TPSA) is 46.5 Å². The fourth-order valence-corrected chi connectivity index (χ4v) is 8.38. The molecule has 7 atom stereocenters. The highest BCUT2D eigenvalue weighted by molar-refractivity contribution is 6.74. The lowest BCUT2D eigenvalue weighted by Crippen LogP contribution is -2.59. The summed E-state index contributed by atoms with van der Waals surface area (Å²) in [6, 6.07) is 0. The number of hydrogen-bond donors (Lipinski definition) is 1. The zero-order chi connectivity index (χ0) is 22.2. The van der Waals surface area contributed by atoms with Crippen molar-refractivity contribution >= 4 is 14.1 Å². The van der Waals surface area contributed by atoms with Crippen LogP contribution >= 0.6 is 0 Å². The van der Waals surface area contributed by atoms with Gasteiger partial charge in [-0.1, -0.05) is 33.8 Å². The minimum atomic E-state index is -1.85. The summed E-state index contributed by atoms with van der Waals surface area (Å²) in [5, 5.41) is 11.1. The fourth-order valence-electron chi connectivity index (χ4n) is 7.32. The van der Waals surface area contributed by atoms with E-state index < -0.39 is 13.9 Å². The smallest absolute Gasteiger partial charge is 0.192 e. The molecule has 1 N–H and O–H groups in total. The molecule has 4 aliphatic rings. The minimum absolute atomic E-state index is 0.168. The molecule has 0 aromatic heterocycles. The Bertz CT molecular complexity index is 733. The second-order valence-corrected chi connectivity index (χ2v) is 18.0. The Morgan fingerprint density at radius 3 is 2.50 bits per heavy atom. The van der Waals surface area contributed by atoms with Crippen molar-refractivity contribution < 1.29 is 14.3 Å². The molecule has 0 spiro atoms. The summed E-state index contributed by atoms with van der Waals surface area (Å²) in [6.07, 6.45) is 11.5. The van der Waals surface area contributed by atoms with E-state index in [1.54, 1.807) is 0 Å². The molecule has 0 bridgehead atoms. The van der Waals surface area contributed by atoms with Crippen LogP contribution in [-0.2, 0) is 9.22 Å². The highest BCUT2D eigenvalue weighted by Gasteiger charge is 2.62. The minimum Gasteiger partial charge on any atom is -0.416 e. The van der Waals surface area contributed by atoms with E-state index in [0.717, 1.165) is 38.7 Å². The highest BCUT2D eigenvalue weighted by Crippen LogP contribution is 2.65. The van der Waals surface area contributed by atoms with Gasteiger partial charge >= 0.3 is 0 Å². The molecule has 0 heterocycles. The van der Waals surface area contributed by atoms with Gasteiger partial charge in [0.15, 0.2) is 14.1 Å². The molecule has 4 aliphatic carbocycles. The third-order valence-corrected chi connectivity index (χ3v) is 14.9. The average Bonchev–Trinajstić information content (AvgIpc) is 2.94. The predicted molar refractivity (Wildman–Crippen MR) is 125 cm³/mol. The van der Waals surface area contributed by atoms with Gasteiger partial charge in [-0.05, 0) is 105 Å². The second-order valence-electron chi connectivity index (χ2n) is 13.2. The Balaban J connectivity index is 1.66. The third-order valence-electron chi connectivity index (χ3n) is 10.4. The molecule has 170 valence electrons. The van der Waals surface area contributed by atoms with Crippen LogP contribution in [0.1, 0.15) is 79.6 Å². The lowest BCUT2D eigenvalue weighted by atomic mass is 9.44. The maximum atomic E-state index is 12.7. The number of aliphatic hydroxyl groups is 1. The molecule has 4 heteroatoms. The molecule has 0 aromatic rings. The molecule has 0 aromatic carbocycles. The number of hydrogen-bond acceptors (Lipinski definition) is 3. The van der Waals surface area contributed by atoms with E-state index in [-0.39, 0.29) is 15.9 Å². The van der Waals surface area contributed by atoms with E-state index >= 15 is 0 Å². The number of allylic oxidation sites excluding steroid dienone is 2. The Kier molecular flexibility index (Phi) is 5.32. The third kappa shape index (κ3) is 3.40. The van der Waals surface area contributed by atoms with Gasteiger partial charge in [-0.3, -0.25) is 4.79 Å². The summed E-state index contributed by atoms with van der Waals surface area (Å²) in [7, 11) is -1.85. The van der Waals surface area contributed by atoms with Crippen molar-refractivity contribution in [2.75, 3.05) is 6.61 Å². The van der Waals surface area contributed by atoms with Gasteiger partial charge in [0.2, 0.25) is 0 Å². The molecular formula is C26H44O3Si. The Hall–Kier alpha value is -0.453. The zero-order valence-electron chi connectivity index (χ0n) is 20.4. The lowest BCUT2D eigenvalue weighted by Gasteiger charge is -2.62. The van der Waals surface area contributed by atoms with Gasteiger partial charge in [0.25, 0.3) is 0 Å². The molecule has 0 amide bonds. The van der Waals surface area contributed by atoms with Crippen LogP contribution in [0.3, 0.4) is 0 Å². The van der Waals surface area contributed by atoms with Crippen LogP contribution in [0.15, 0.2) is 12.2 Å². The largest absolute Gasteiger partial charge is 0.416 e. The van der Waals surface area contributed by atoms with Crippen LogP contribution in [0.4, 0.5) is 0 Å². The number of rotatable bonds is 3. The number of carbonyl (C=O) groups excluding carboxylic acids is 1. The number of carbonyl (C=O) groups is 1. The predicted octanol–water partition coefficient (Wildman–Crippen LogP) is 6.13. The molecular weight excluding hydrogens is 388 g/mol. The van der Waals surface area contributed by atoms with Gasteiger partial charge in [0.1, 0.15) is 0 Å². The highest BCUT2D eigenvalue weighted by atomic mass is 28.4. The first-order valence-corrected chi connectivity index (χ1v) is 15.2. The molecule has 4 rings (SSSR count). The quantitative estimate of drug-likeness (QED) is 0.546. The fraction of sp³-hybridized carbons (Fsp3) is 0.885. The molecule has 0 aliphatic heterocycles. The maximum Gasteiger partial charge on any atom is 0.192 e. The normalized spacial score (nSPS) is 46.3. The molecule has 30 heavy (non-hydrogen) atoms. The Morgan fingerprint density at radius 1 is 1.13 bits per heavy atom. The van der Waals surface area contributed by atoms with E-state index in [1.807, 2.05) is 13.0 Å². The van der Waals surface area contributed by atoms with Gasteiger partial charge in [0, 0.05) is 12.0 Å². The van der Waals surface area contributed by atoms with E-state index in [9.17, 15) is 9.90 Å². The summed E-state index contributed by atoms with van der Waals surface area (Å²) in [4.78, 5) is 12.7. The van der Waals surface area contributed by atoms with Crippen molar-refractivity contribution in [3.63, 3.8) is 0 Å². The number of ketones is 1. The lowest BCUT2D eigenvalue weighted by molar-refractivity contribution is -0.164. The molecule has 0 unspecified atom stereocenters. The first-order valence-electron chi connectivity index (χ1n) is 12.3. The van der Waals surface area contributed by atoms with E-state index in [4.69, 9.17) is 4.43 Å². The molecule has 3 fully saturated rings. The van der Waals surface area contributed by atoms with Crippen molar-refractivity contribution in [1.82, 2.24) is 0 Å². The van der Waals surface area contributed by atoms with Crippen LogP contribution in [0.2, 0.25) is 18.1 Å².